The van der Waals surface area contributed by atoms with E-state index >= 15 is 0 Å². The summed E-state index contributed by atoms with van der Waals surface area (Å²) >= 11 is 0. The molecule has 3 N–H and O–H groups in total. The molecule has 0 aliphatic carbocycles. The van der Waals surface area contributed by atoms with Crippen molar-refractivity contribution in [2.45, 2.75) is 6.61 Å². The van der Waals surface area contributed by atoms with Crippen molar-refractivity contribution in [3.8, 4) is 5.75 Å². The third-order valence-electron chi connectivity index (χ3n) is 2.57. The fourth-order valence-corrected chi connectivity index (χ4v) is 1.65. The molecule has 2 aromatic rings. The van der Waals surface area contributed by atoms with E-state index < -0.39 is 4.92 Å². The van der Waals surface area contributed by atoms with Gasteiger partial charge in [-0.1, -0.05) is 12.1 Å². The van der Waals surface area contributed by atoms with E-state index in [0.717, 1.165) is 0 Å². The molecule has 7 heteroatoms. The molecule has 102 valence electrons. The van der Waals surface area contributed by atoms with Gasteiger partial charge >= 0.3 is 0 Å². The van der Waals surface area contributed by atoms with Gasteiger partial charge in [-0.05, 0) is 12.1 Å². The molecule has 7 nitrogen and oxygen atoms in total. The minimum atomic E-state index is -0.488. The Morgan fingerprint density at radius 3 is 2.90 bits per heavy atom. The third kappa shape index (κ3) is 3.08. The number of non-ortho nitro benzene ring substituents is 1. The average molecular weight is 272 g/mol. The van der Waals surface area contributed by atoms with Crippen LogP contribution >= 0.6 is 0 Å². The van der Waals surface area contributed by atoms with Crippen LogP contribution in [0.5, 0.6) is 5.75 Å². The number of nitrogens with two attached hydrogens (primary N) is 1. The van der Waals surface area contributed by atoms with Crippen molar-refractivity contribution in [3.05, 3.63) is 64.0 Å². The molecular formula is C13H12N4O3. The molecule has 0 amide bonds. The molecule has 0 unspecified atom stereocenters. The molecule has 0 aliphatic rings. The number of aromatic nitrogens is 1. The molecule has 0 aliphatic heterocycles. The number of nitrogens with one attached hydrogen (secondary N) is 1. The van der Waals surface area contributed by atoms with Crippen molar-refractivity contribution < 1.29 is 9.66 Å². The van der Waals surface area contributed by atoms with Gasteiger partial charge in [0.2, 0.25) is 0 Å². The Kier molecular flexibility index (Phi) is 3.90. The van der Waals surface area contributed by atoms with E-state index in [1.165, 1.54) is 18.3 Å². The summed E-state index contributed by atoms with van der Waals surface area (Å²) < 4.78 is 5.48. The lowest BCUT2D eigenvalue weighted by atomic mass is 10.2. The highest BCUT2D eigenvalue weighted by Gasteiger charge is 2.09. The Morgan fingerprint density at radius 2 is 2.20 bits per heavy atom. The van der Waals surface area contributed by atoms with Crippen LogP contribution in [0.25, 0.3) is 0 Å². The molecule has 1 aromatic carbocycles. The van der Waals surface area contributed by atoms with Crippen LogP contribution in [0.4, 0.5) is 5.69 Å². The lowest BCUT2D eigenvalue weighted by molar-refractivity contribution is -0.384. The van der Waals surface area contributed by atoms with E-state index in [0.29, 0.717) is 17.0 Å². The van der Waals surface area contributed by atoms with Crippen molar-refractivity contribution in [2.75, 3.05) is 0 Å². The summed E-state index contributed by atoms with van der Waals surface area (Å²) in [5, 5.41) is 18.1. The number of hydrogen-bond acceptors (Lipinski definition) is 5. The van der Waals surface area contributed by atoms with Gasteiger partial charge in [0.25, 0.3) is 5.69 Å². The Bertz CT molecular complexity index is 658. The normalized spacial score (nSPS) is 10.0. The van der Waals surface area contributed by atoms with Crippen molar-refractivity contribution in [3.63, 3.8) is 0 Å². The topological polar surface area (TPSA) is 115 Å². The predicted octanol–water partition coefficient (Wildman–Crippen LogP) is 1.85. The number of ether oxygens (including phenoxy) is 1. The van der Waals surface area contributed by atoms with Gasteiger partial charge in [-0.2, -0.15) is 0 Å². The number of benzene rings is 1. The zero-order valence-electron chi connectivity index (χ0n) is 10.4. The van der Waals surface area contributed by atoms with Crippen LogP contribution in [-0.2, 0) is 6.61 Å². The molecule has 2 rings (SSSR count). The largest absolute Gasteiger partial charge is 0.489 e. The average Bonchev–Trinajstić information content (AvgIpc) is 2.45. The summed E-state index contributed by atoms with van der Waals surface area (Å²) in [7, 11) is 0. The predicted molar refractivity (Wildman–Crippen MR) is 72.7 cm³/mol. The van der Waals surface area contributed by atoms with E-state index in [-0.39, 0.29) is 18.1 Å². The zero-order valence-corrected chi connectivity index (χ0v) is 10.4. The SMILES string of the molecule is N=C(N)c1ncccc1COc1cccc([N+](=O)[O-])c1. The highest BCUT2D eigenvalue weighted by molar-refractivity contribution is 5.94. The first-order valence-electron chi connectivity index (χ1n) is 5.73. The highest BCUT2D eigenvalue weighted by atomic mass is 16.6. The molecule has 0 saturated heterocycles. The second-order valence-corrected chi connectivity index (χ2v) is 3.97. The van der Waals surface area contributed by atoms with E-state index in [4.69, 9.17) is 15.9 Å². The molecular weight excluding hydrogens is 260 g/mol. The molecule has 1 heterocycles. The third-order valence-corrected chi connectivity index (χ3v) is 2.57. The maximum Gasteiger partial charge on any atom is 0.273 e. The number of nitro benzene ring substituents is 1. The smallest absolute Gasteiger partial charge is 0.273 e. The number of nitrogen functional groups attached to an aromatic ring is 1. The summed E-state index contributed by atoms with van der Waals surface area (Å²) in [4.78, 5) is 14.2. The summed E-state index contributed by atoms with van der Waals surface area (Å²) in [5.74, 6) is 0.223. The minimum absolute atomic E-state index is 0.0412. The van der Waals surface area contributed by atoms with Crippen molar-refractivity contribution in [2.24, 2.45) is 5.73 Å². The lowest BCUT2D eigenvalue weighted by Gasteiger charge is -2.09. The van der Waals surface area contributed by atoms with E-state index in [1.807, 2.05) is 0 Å². The number of hydrogen-bond donors (Lipinski definition) is 2. The highest BCUT2D eigenvalue weighted by Crippen LogP contribution is 2.20. The fraction of sp³-hybridized carbons (Fsp3) is 0.0769. The van der Waals surface area contributed by atoms with E-state index in [1.54, 1.807) is 24.3 Å². The second-order valence-electron chi connectivity index (χ2n) is 3.97. The Morgan fingerprint density at radius 1 is 1.40 bits per heavy atom. The fourth-order valence-electron chi connectivity index (χ4n) is 1.65. The van der Waals surface area contributed by atoms with E-state index in [9.17, 15) is 10.1 Å². The van der Waals surface area contributed by atoms with Gasteiger partial charge in [0.05, 0.1) is 11.0 Å². The molecule has 0 atom stereocenters. The Balaban J connectivity index is 2.15. The number of pyridine rings is 1. The summed E-state index contributed by atoms with van der Waals surface area (Å²) in [6.07, 6.45) is 1.54. The van der Waals surface area contributed by atoms with Gasteiger partial charge in [0, 0.05) is 17.8 Å². The van der Waals surface area contributed by atoms with Crippen LogP contribution in [0.2, 0.25) is 0 Å². The monoisotopic (exact) mass is 272 g/mol. The van der Waals surface area contributed by atoms with Crippen LogP contribution in [0.3, 0.4) is 0 Å². The van der Waals surface area contributed by atoms with Gasteiger partial charge in [-0.3, -0.25) is 20.5 Å². The van der Waals surface area contributed by atoms with Gasteiger partial charge in [-0.15, -0.1) is 0 Å². The van der Waals surface area contributed by atoms with Crippen LogP contribution in [0.15, 0.2) is 42.6 Å². The second kappa shape index (κ2) is 5.79. The van der Waals surface area contributed by atoms with E-state index in [2.05, 4.69) is 4.98 Å². The first kappa shape index (κ1) is 13.5. The minimum Gasteiger partial charge on any atom is -0.489 e. The Labute approximate surface area is 114 Å². The lowest BCUT2D eigenvalue weighted by Crippen LogP contribution is -2.16. The molecule has 0 fully saturated rings. The first-order valence-corrected chi connectivity index (χ1v) is 5.73. The van der Waals surface area contributed by atoms with Crippen molar-refractivity contribution >= 4 is 11.5 Å². The quantitative estimate of drug-likeness (QED) is 0.373. The molecule has 0 saturated carbocycles. The van der Waals surface area contributed by atoms with Crippen LogP contribution in [0.1, 0.15) is 11.3 Å². The molecule has 0 radical (unpaired) electrons. The summed E-state index contributed by atoms with van der Waals surface area (Å²) in [5.41, 5.74) is 6.37. The molecule has 20 heavy (non-hydrogen) atoms. The number of amidine groups is 1. The van der Waals surface area contributed by atoms with Crippen LogP contribution in [0, 0.1) is 15.5 Å². The molecule has 0 bridgehead atoms. The van der Waals surface area contributed by atoms with Gasteiger partial charge < -0.3 is 10.5 Å². The zero-order chi connectivity index (χ0) is 14.5. The van der Waals surface area contributed by atoms with Crippen LogP contribution in [-0.4, -0.2) is 15.7 Å². The molecule has 1 aromatic heterocycles. The summed E-state index contributed by atoms with van der Waals surface area (Å²) in [6.45, 7) is 0.129. The van der Waals surface area contributed by atoms with Crippen LogP contribution < -0.4 is 10.5 Å². The maximum atomic E-state index is 10.7. The Hall–Kier alpha value is -2.96. The number of nitro groups is 1. The van der Waals surface area contributed by atoms with Crippen molar-refractivity contribution in [1.29, 1.82) is 5.41 Å². The number of rotatable bonds is 5. The first-order chi connectivity index (χ1) is 9.58. The van der Waals surface area contributed by atoms with Gasteiger partial charge in [0.1, 0.15) is 23.9 Å². The van der Waals surface area contributed by atoms with Gasteiger partial charge in [0.15, 0.2) is 0 Å². The summed E-state index contributed by atoms with van der Waals surface area (Å²) in [6, 6.07) is 9.33. The number of nitrogens with zero attached hydrogens (tertiary/aromatic N) is 2. The standard InChI is InChI=1S/C13H12N4O3/c14-13(15)12-9(3-2-6-16-12)8-20-11-5-1-4-10(7-11)17(18)19/h1-7H,8H2,(H3,14,15). The van der Waals surface area contributed by atoms with Gasteiger partial charge in [-0.25, -0.2) is 0 Å². The molecule has 0 spiro atoms. The maximum absolute atomic E-state index is 10.7. The van der Waals surface area contributed by atoms with Crippen molar-refractivity contribution in [1.82, 2.24) is 4.98 Å².